The van der Waals surface area contributed by atoms with Crippen molar-refractivity contribution in [2.24, 2.45) is 17.6 Å². The summed E-state index contributed by atoms with van der Waals surface area (Å²) in [5, 5.41) is 29.6. The Balaban J connectivity index is 2.57. The molecule has 1 saturated carbocycles. The number of ketones is 1. The molecule has 0 aromatic rings. The first-order chi connectivity index (χ1) is 28.3. The standard InChI is InChI=1S/C44H70NO13P/c1-3-5-7-8-9-10-11-12-13-14-15-16-17-18-23-27-42(49)55-32-36(33-56-59(53,54)57-34-39(45)44(51)52)58-43(50)28-24-20-19-22-26-37-38(41(48)31-40(37)47)30-29-35(46)25-21-6-4-2/h5,7,9-10,12-13,15-16,19,22,29-30,35-39,41,46,48H,3-4,6,8,11,14,17-18,20-21,23-28,31-34,45H2,1-2H3,(H,51,52)(H,53,54)/b7-5-,10-9-,13-12-,16-15-,22-19-,30-29+/t35-,36+,37+,38+,39-,41+/m0/s1. The van der Waals surface area contributed by atoms with Gasteiger partial charge in [-0.3, -0.25) is 28.2 Å². The van der Waals surface area contributed by atoms with Gasteiger partial charge in [0.25, 0.3) is 0 Å². The van der Waals surface area contributed by atoms with Gasteiger partial charge in [0.05, 0.1) is 25.4 Å². The monoisotopic (exact) mass is 851 g/mol. The van der Waals surface area contributed by atoms with E-state index in [1.807, 2.05) is 12.2 Å². The molecule has 0 amide bonds. The lowest BCUT2D eigenvalue weighted by Crippen LogP contribution is -2.34. The Bertz CT molecular complexity index is 1440. The van der Waals surface area contributed by atoms with Gasteiger partial charge in [-0.25, -0.2) is 4.57 Å². The number of Topliss-reactive ketones (excluding diaryl/α,β-unsaturated/α-hetero) is 1. The normalized spacial score (nSPS) is 20.1. The first-order valence-electron chi connectivity index (χ1n) is 21.1. The number of allylic oxidation sites excluding steroid dienone is 10. The van der Waals surface area contributed by atoms with Crippen LogP contribution in [0, 0.1) is 11.8 Å². The topological polar surface area (TPSA) is 229 Å². The predicted octanol–water partition coefficient (Wildman–Crippen LogP) is 7.53. The van der Waals surface area contributed by atoms with Gasteiger partial charge >= 0.3 is 25.7 Å². The molecule has 0 aromatic heterocycles. The summed E-state index contributed by atoms with van der Waals surface area (Å²) in [5.74, 6) is -3.52. The Morgan fingerprint density at radius 2 is 1.42 bits per heavy atom. The quantitative estimate of drug-likeness (QED) is 0.0182. The molecule has 14 nitrogen and oxygen atoms in total. The smallest absolute Gasteiger partial charge is 0.472 e. The molecule has 0 bridgehead atoms. The van der Waals surface area contributed by atoms with E-state index in [1.165, 1.54) is 0 Å². The molecule has 0 aromatic carbocycles. The molecule has 7 atom stereocenters. The molecule has 1 aliphatic rings. The average Bonchev–Trinajstić information content (AvgIpc) is 3.47. The van der Waals surface area contributed by atoms with Crippen molar-refractivity contribution in [3.63, 3.8) is 0 Å². The lowest BCUT2D eigenvalue weighted by Gasteiger charge is -2.20. The minimum atomic E-state index is -4.80. The van der Waals surface area contributed by atoms with E-state index in [2.05, 4.69) is 67.0 Å². The molecule has 0 saturated heterocycles. The van der Waals surface area contributed by atoms with Crippen LogP contribution in [0.2, 0.25) is 0 Å². The molecule has 1 aliphatic carbocycles. The minimum absolute atomic E-state index is 0.0424. The van der Waals surface area contributed by atoms with Crippen molar-refractivity contribution in [3.05, 3.63) is 72.9 Å². The number of esters is 2. The fraction of sp³-hybridized carbons (Fsp3) is 0.636. The molecule has 6 N–H and O–H groups in total. The average molecular weight is 852 g/mol. The van der Waals surface area contributed by atoms with Crippen molar-refractivity contribution < 1.29 is 62.5 Å². The highest BCUT2D eigenvalue weighted by molar-refractivity contribution is 7.47. The summed E-state index contributed by atoms with van der Waals surface area (Å²) in [5.41, 5.74) is 5.32. The SMILES string of the molecule is CC/C=C\C/C=C\C/C=C\C/C=C\CCCCC(=O)OC[C@H](COP(=O)(O)OC[C@H](N)C(=O)O)OC(=O)CCC/C=C\C[C@H]1C(=O)C[C@@H](O)[C@@H]1/C=C/[C@@H](O)CCCCC. The van der Waals surface area contributed by atoms with Gasteiger partial charge in [-0.15, -0.1) is 0 Å². The maximum atomic E-state index is 12.7. The fourth-order valence-electron chi connectivity index (χ4n) is 5.92. The van der Waals surface area contributed by atoms with Crippen molar-refractivity contribution in [1.29, 1.82) is 0 Å². The van der Waals surface area contributed by atoms with Crippen LogP contribution in [0.25, 0.3) is 0 Å². The van der Waals surface area contributed by atoms with E-state index >= 15 is 0 Å². The van der Waals surface area contributed by atoms with Gasteiger partial charge in [0.15, 0.2) is 6.10 Å². The van der Waals surface area contributed by atoms with Gasteiger partial charge in [-0.2, -0.15) is 0 Å². The van der Waals surface area contributed by atoms with Crippen molar-refractivity contribution in [3.8, 4) is 0 Å². The van der Waals surface area contributed by atoms with Crippen LogP contribution in [0.15, 0.2) is 72.9 Å². The zero-order valence-electron chi connectivity index (χ0n) is 35.0. The third-order valence-corrected chi connectivity index (χ3v) is 10.3. The highest BCUT2D eigenvalue weighted by Crippen LogP contribution is 2.43. The maximum absolute atomic E-state index is 12.7. The van der Waals surface area contributed by atoms with Gasteiger partial charge in [0.2, 0.25) is 0 Å². The number of rotatable bonds is 34. The van der Waals surface area contributed by atoms with E-state index in [9.17, 15) is 38.8 Å². The second-order valence-electron chi connectivity index (χ2n) is 14.5. The number of unbranched alkanes of at least 4 members (excludes halogenated alkanes) is 5. The number of hydrogen-bond donors (Lipinski definition) is 5. The summed E-state index contributed by atoms with van der Waals surface area (Å²) in [6, 6.07) is -1.58. The van der Waals surface area contributed by atoms with Gasteiger partial charge in [-0.05, 0) is 70.6 Å². The zero-order valence-corrected chi connectivity index (χ0v) is 35.9. The molecular formula is C44H70NO13P. The van der Waals surface area contributed by atoms with Crippen LogP contribution in [-0.4, -0.2) is 88.1 Å². The molecule has 1 fully saturated rings. The Morgan fingerprint density at radius 3 is 2.08 bits per heavy atom. The van der Waals surface area contributed by atoms with E-state index < -0.39 is 75.8 Å². The minimum Gasteiger partial charge on any atom is -0.480 e. The van der Waals surface area contributed by atoms with Crippen LogP contribution in [0.4, 0.5) is 0 Å². The Kier molecular flexibility index (Phi) is 30.2. The molecule has 1 rings (SSSR count). The van der Waals surface area contributed by atoms with E-state index in [4.69, 9.17) is 24.8 Å². The van der Waals surface area contributed by atoms with Crippen LogP contribution in [-0.2, 0) is 42.3 Å². The molecule has 0 spiro atoms. The summed E-state index contributed by atoms with van der Waals surface area (Å²) in [6.07, 6.45) is 32.0. The molecule has 1 unspecified atom stereocenters. The number of aliphatic hydroxyl groups excluding tert-OH is 2. The van der Waals surface area contributed by atoms with E-state index in [-0.39, 0.29) is 31.0 Å². The summed E-state index contributed by atoms with van der Waals surface area (Å²) in [4.78, 5) is 58.7. The molecule has 0 aliphatic heterocycles. The van der Waals surface area contributed by atoms with E-state index in [0.717, 1.165) is 57.8 Å². The largest absolute Gasteiger partial charge is 0.480 e. The molecular weight excluding hydrogens is 781 g/mol. The van der Waals surface area contributed by atoms with Crippen LogP contribution in [0.3, 0.4) is 0 Å². The van der Waals surface area contributed by atoms with Crippen molar-refractivity contribution >= 4 is 31.5 Å². The molecule has 15 heteroatoms. The molecule has 334 valence electrons. The highest BCUT2D eigenvalue weighted by atomic mass is 31.2. The number of phosphoric acid groups is 1. The first kappa shape index (κ1) is 53.5. The third-order valence-electron chi connectivity index (χ3n) is 9.31. The van der Waals surface area contributed by atoms with Crippen LogP contribution >= 0.6 is 7.82 Å². The van der Waals surface area contributed by atoms with E-state index in [1.54, 1.807) is 12.2 Å². The van der Waals surface area contributed by atoms with Crippen molar-refractivity contribution in [1.82, 2.24) is 0 Å². The predicted molar refractivity (Wildman–Crippen MR) is 227 cm³/mol. The van der Waals surface area contributed by atoms with Crippen LogP contribution < -0.4 is 5.73 Å². The van der Waals surface area contributed by atoms with Crippen LogP contribution in [0.5, 0.6) is 0 Å². The van der Waals surface area contributed by atoms with Crippen molar-refractivity contribution in [2.75, 3.05) is 19.8 Å². The fourth-order valence-corrected chi connectivity index (χ4v) is 6.70. The van der Waals surface area contributed by atoms with Gasteiger partial charge in [0, 0.05) is 31.1 Å². The maximum Gasteiger partial charge on any atom is 0.472 e. The lowest BCUT2D eigenvalue weighted by atomic mass is 9.90. The second kappa shape index (κ2) is 33.3. The Labute approximate surface area is 350 Å². The lowest BCUT2D eigenvalue weighted by molar-refractivity contribution is -0.161. The second-order valence-corrected chi connectivity index (χ2v) is 16.0. The summed E-state index contributed by atoms with van der Waals surface area (Å²) < 4.78 is 32.6. The summed E-state index contributed by atoms with van der Waals surface area (Å²) in [7, 11) is -4.80. The summed E-state index contributed by atoms with van der Waals surface area (Å²) >= 11 is 0. The number of phosphoric ester groups is 1. The number of hydrogen-bond acceptors (Lipinski definition) is 12. The first-order valence-corrected chi connectivity index (χ1v) is 22.6. The highest BCUT2D eigenvalue weighted by Gasteiger charge is 2.39. The number of nitrogens with two attached hydrogens (primary N) is 1. The van der Waals surface area contributed by atoms with Gasteiger partial charge < -0.3 is 35.4 Å². The number of carbonyl (C=O) groups is 4. The summed E-state index contributed by atoms with van der Waals surface area (Å²) in [6.45, 7) is 2.24. The van der Waals surface area contributed by atoms with Crippen molar-refractivity contribution in [2.45, 2.75) is 147 Å². The van der Waals surface area contributed by atoms with E-state index in [0.29, 0.717) is 32.1 Å². The number of aliphatic hydroxyl groups is 2. The Hall–Kier alpha value is -3.49. The van der Waals surface area contributed by atoms with Crippen LogP contribution in [0.1, 0.15) is 123 Å². The van der Waals surface area contributed by atoms with Gasteiger partial charge in [0.1, 0.15) is 18.4 Å². The zero-order chi connectivity index (χ0) is 43.7. The number of carboxylic acid groups (broad SMARTS) is 1. The Morgan fingerprint density at radius 1 is 0.814 bits per heavy atom. The molecule has 59 heavy (non-hydrogen) atoms. The number of carboxylic acids is 1. The number of carbonyl (C=O) groups excluding carboxylic acids is 3. The molecule has 0 heterocycles. The third kappa shape index (κ3) is 27.8. The number of ether oxygens (including phenoxy) is 2. The molecule has 0 radical (unpaired) electrons. The number of aliphatic carboxylic acids is 1. The van der Waals surface area contributed by atoms with Gasteiger partial charge in [-0.1, -0.05) is 106 Å².